The average Bonchev–Trinajstić information content (AvgIpc) is 3.05. The van der Waals surface area contributed by atoms with Crippen molar-refractivity contribution in [2.45, 2.75) is 26.9 Å². The third-order valence-electron chi connectivity index (χ3n) is 3.47. The summed E-state index contributed by atoms with van der Waals surface area (Å²) < 4.78 is 10.6. The van der Waals surface area contributed by atoms with Gasteiger partial charge in [-0.15, -0.1) is 0 Å². The van der Waals surface area contributed by atoms with Crippen molar-refractivity contribution in [3.8, 4) is 17.6 Å². The van der Waals surface area contributed by atoms with Crippen molar-refractivity contribution in [1.82, 2.24) is 9.97 Å². The van der Waals surface area contributed by atoms with Gasteiger partial charge in [0.2, 0.25) is 5.95 Å². The van der Waals surface area contributed by atoms with Crippen molar-refractivity contribution < 1.29 is 9.47 Å². The Kier molecular flexibility index (Phi) is 5.36. The molecular weight excluding hydrogens is 292 g/mol. The summed E-state index contributed by atoms with van der Waals surface area (Å²) in [5.41, 5.74) is 2.67. The number of methoxy groups -OCH3 is 2. The van der Waals surface area contributed by atoms with Gasteiger partial charge in [-0.2, -0.15) is 5.26 Å². The smallest absolute Gasteiger partial charge is 0.227 e. The zero-order valence-electron chi connectivity index (χ0n) is 13.8. The van der Waals surface area contributed by atoms with E-state index < -0.39 is 0 Å². The third-order valence-corrected chi connectivity index (χ3v) is 3.47. The van der Waals surface area contributed by atoms with Gasteiger partial charge in [0.05, 0.1) is 14.2 Å². The molecule has 0 aliphatic carbocycles. The number of benzene rings is 1. The molecule has 0 radical (unpaired) electrons. The first kappa shape index (κ1) is 16.6. The number of nitriles is 1. The van der Waals surface area contributed by atoms with Crippen LogP contribution in [0.25, 0.3) is 0 Å². The Morgan fingerprint density at radius 3 is 2.13 bits per heavy atom. The summed E-state index contributed by atoms with van der Waals surface area (Å²) >= 11 is 0. The van der Waals surface area contributed by atoms with Gasteiger partial charge >= 0.3 is 0 Å². The maximum Gasteiger partial charge on any atom is 0.227 e. The van der Waals surface area contributed by atoms with Crippen molar-refractivity contribution in [3.63, 3.8) is 0 Å². The molecule has 0 amide bonds. The zero-order chi connectivity index (χ0) is 16.8. The SMILES string of the molecule is CC.COc1cc2c(cc1OC)CN(c1nccc(C#N)n1)C2. The molecule has 1 aliphatic rings. The lowest BCUT2D eigenvalue weighted by Gasteiger charge is -2.14. The highest BCUT2D eigenvalue weighted by atomic mass is 16.5. The summed E-state index contributed by atoms with van der Waals surface area (Å²) in [6.45, 7) is 5.37. The number of rotatable bonds is 3. The van der Waals surface area contributed by atoms with Crippen LogP contribution in [0, 0.1) is 11.3 Å². The monoisotopic (exact) mass is 312 g/mol. The second kappa shape index (κ2) is 7.45. The fourth-order valence-electron chi connectivity index (χ4n) is 2.43. The third kappa shape index (κ3) is 3.34. The molecule has 6 heteroatoms. The minimum absolute atomic E-state index is 0.367. The Balaban J connectivity index is 0.000000924. The number of anilines is 1. The molecule has 0 bridgehead atoms. The molecule has 0 saturated carbocycles. The van der Waals surface area contributed by atoms with E-state index in [1.165, 1.54) is 0 Å². The first-order valence-corrected chi connectivity index (χ1v) is 7.47. The van der Waals surface area contributed by atoms with Crippen LogP contribution in [0.4, 0.5) is 5.95 Å². The summed E-state index contributed by atoms with van der Waals surface area (Å²) in [7, 11) is 3.24. The van der Waals surface area contributed by atoms with Crippen LogP contribution >= 0.6 is 0 Å². The molecule has 120 valence electrons. The maximum absolute atomic E-state index is 8.92. The summed E-state index contributed by atoms with van der Waals surface area (Å²) in [5.74, 6) is 1.98. The van der Waals surface area contributed by atoms with E-state index in [0.717, 1.165) is 11.1 Å². The van der Waals surface area contributed by atoms with Crippen LogP contribution in [-0.4, -0.2) is 24.2 Å². The van der Waals surface area contributed by atoms with E-state index >= 15 is 0 Å². The highest BCUT2D eigenvalue weighted by molar-refractivity contribution is 5.53. The quantitative estimate of drug-likeness (QED) is 0.868. The average molecular weight is 312 g/mol. The van der Waals surface area contributed by atoms with Crippen molar-refractivity contribution in [2.75, 3.05) is 19.1 Å². The topological polar surface area (TPSA) is 71.3 Å². The lowest BCUT2D eigenvalue weighted by atomic mass is 10.1. The number of ether oxygens (including phenoxy) is 2. The molecule has 0 spiro atoms. The van der Waals surface area contributed by atoms with Crippen LogP contribution in [0.2, 0.25) is 0 Å². The molecule has 6 nitrogen and oxygen atoms in total. The van der Waals surface area contributed by atoms with Gasteiger partial charge in [0, 0.05) is 19.3 Å². The van der Waals surface area contributed by atoms with Gasteiger partial charge in [-0.1, -0.05) is 13.8 Å². The first-order valence-electron chi connectivity index (χ1n) is 7.47. The maximum atomic E-state index is 8.92. The predicted octanol–water partition coefficient (Wildman–Crippen LogP) is 2.91. The van der Waals surface area contributed by atoms with E-state index in [4.69, 9.17) is 14.7 Å². The molecule has 2 heterocycles. The van der Waals surface area contributed by atoms with Gasteiger partial charge in [0.25, 0.3) is 0 Å². The Labute approximate surface area is 136 Å². The molecule has 0 N–H and O–H groups in total. The van der Waals surface area contributed by atoms with Gasteiger partial charge < -0.3 is 14.4 Å². The zero-order valence-corrected chi connectivity index (χ0v) is 13.8. The van der Waals surface area contributed by atoms with Crippen LogP contribution in [0.1, 0.15) is 30.7 Å². The Hall–Kier alpha value is -2.81. The standard InChI is InChI=1S/C15H14N4O2.C2H6/c1-20-13-5-10-8-19(9-11(10)6-14(13)21-2)15-17-4-3-12(7-16)18-15;1-2/h3-6H,8-9H2,1-2H3;1-2H3. The molecular formula is C17H20N4O2. The molecule has 0 atom stereocenters. The summed E-state index contributed by atoms with van der Waals surface area (Å²) in [5, 5.41) is 8.92. The van der Waals surface area contributed by atoms with Gasteiger partial charge in [-0.05, 0) is 29.3 Å². The van der Waals surface area contributed by atoms with Gasteiger partial charge in [-0.25, -0.2) is 9.97 Å². The van der Waals surface area contributed by atoms with Crippen LogP contribution in [0.5, 0.6) is 11.5 Å². The molecule has 1 aromatic carbocycles. The van der Waals surface area contributed by atoms with E-state index in [2.05, 4.69) is 9.97 Å². The molecule has 1 aromatic heterocycles. The molecule has 1 aliphatic heterocycles. The van der Waals surface area contributed by atoms with Crippen molar-refractivity contribution in [1.29, 1.82) is 5.26 Å². The fourth-order valence-corrected chi connectivity index (χ4v) is 2.43. The largest absolute Gasteiger partial charge is 0.493 e. The number of nitrogens with zero attached hydrogens (tertiary/aromatic N) is 4. The van der Waals surface area contributed by atoms with E-state index in [0.29, 0.717) is 36.2 Å². The number of aromatic nitrogens is 2. The van der Waals surface area contributed by atoms with Gasteiger partial charge in [0.15, 0.2) is 11.5 Å². The number of fused-ring (bicyclic) bond motifs is 1. The summed E-state index contributed by atoms with van der Waals surface area (Å²) in [6, 6.07) is 7.58. The lowest BCUT2D eigenvalue weighted by Crippen LogP contribution is -2.17. The molecule has 3 rings (SSSR count). The minimum Gasteiger partial charge on any atom is -0.493 e. The van der Waals surface area contributed by atoms with E-state index in [9.17, 15) is 0 Å². The highest BCUT2D eigenvalue weighted by Gasteiger charge is 2.23. The Morgan fingerprint density at radius 2 is 1.65 bits per heavy atom. The van der Waals surface area contributed by atoms with Gasteiger partial charge in [0.1, 0.15) is 11.8 Å². The van der Waals surface area contributed by atoms with E-state index in [1.807, 2.05) is 36.9 Å². The highest BCUT2D eigenvalue weighted by Crippen LogP contribution is 2.35. The lowest BCUT2D eigenvalue weighted by molar-refractivity contribution is 0.354. The second-order valence-electron chi connectivity index (χ2n) is 4.69. The van der Waals surface area contributed by atoms with Crippen LogP contribution < -0.4 is 14.4 Å². The molecule has 23 heavy (non-hydrogen) atoms. The van der Waals surface area contributed by atoms with E-state index in [-0.39, 0.29) is 0 Å². The molecule has 0 saturated heterocycles. The summed E-state index contributed by atoms with van der Waals surface area (Å²) in [4.78, 5) is 10.5. The Morgan fingerprint density at radius 1 is 1.09 bits per heavy atom. The minimum atomic E-state index is 0.367. The van der Waals surface area contributed by atoms with Crippen LogP contribution in [-0.2, 0) is 13.1 Å². The van der Waals surface area contributed by atoms with Gasteiger partial charge in [-0.3, -0.25) is 0 Å². The normalized spacial score (nSPS) is 11.9. The Bertz CT molecular complexity index is 692. The number of hydrogen-bond acceptors (Lipinski definition) is 6. The molecule has 0 fully saturated rings. The van der Waals surface area contributed by atoms with Crippen molar-refractivity contribution >= 4 is 5.95 Å². The van der Waals surface area contributed by atoms with E-state index in [1.54, 1.807) is 26.5 Å². The summed E-state index contributed by atoms with van der Waals surface area (Å²) in [6.07, 6.45) is 1.60. The van der Waals surface area contributed by atoms with Crippen LogP contribution in [0.3, 0.4) is 0 Å². The predicted molar refractivity (Wildman–Crippen MR) is 87.5 cm³/mol. The van der Waals surface area contributed by atoms with Crippen LogP contribution in [0.15, 0.2) is 24.4 Å². The number of hydrogen-bond donors (Lipinski definition) is 0. The second-order valence-corrected chi connectivity index (χ2v) is 4.69. The molecule has 2 aromatic rings. The van der Waals surface area contributed by atoms with Crippen molar-refractivity contribution in [3.05, 3.63) is 41.2 Å². The van der Waals surface area contributed by atoms with Crippen molar-refractivity contribution in [2.24, 2.45) is 0 Å². The first-order chi connectivity index (χ1) is 11.2. The molecule has 0 unspecified atom stereocenters. The fraction of sp³-hybridized carbons (Fsp3) is 0.353.